The largest absolute Gasteiger partial charge is 0.496 e. The Kier molecular flexibility index (Phi) is 5.44. The summed E-state index contributed by atoms with van der Waals surface area (Å²) in [5.74, 6) is 1.69. The van der Waals surface area contributed by atoms with Gasteiger partial charge in [0.25, 0.3) is 0 Å². The third-order valence-electron chi connectivity index (χ3n) is 3.94. The van der Waals surface area contributed by atoms with Gasteiger partial charge in [0.15, 0.2) is 0 Å². The van der Waals surface area contributed by atoms with Crippen LogP contribution in [0.5, 0.6) is 5.75 Å². The van der Waals surface area contributed by atoms with Crippen LogP contribution < -0.4 is 10.1 Å². The number of methoxy groups -OCH3 is 1. The van der Waals surface area contributed by atoms with Crippen LogP contribution in [-0.4, -0.2) is 38.2 Å². The molecule has 0 radical (unpaired) electrons. The second-order valence-electron chi connectivity index (χ2n) is 6.16. The Morgan fingerprint density at radius 1 is 1.25 bits per heavy atom. The molecular weight excluding hydrogens is 248 g/mol. The smallest absolute Gasteiger partial charge is 0.123 e. The van der Waals surface area contributed by atoms with Gasteiger partial charge in [0.1, 0.15) is 5.75 Å². The minimum Gasteiger partial charge on any atom is -0.496 e. The van der Waals surface area contributed by atoms with Crippen LogP contribution in [0.15, 0.2) is 24.3 Å². The molecule has 1 saturated carbocycles. The Hall–Kier alpha value is -1.06. The number of ether oxygens (including phenoxy) is 1. The van der Waals surface area contributed by atoms with Crippen LogP contribution in [0.4, 0.5) is 0 Å². The van der Waals surface area contributed by atoms with Gasteiger partial charge in [-0.25, -0.2) is 0 Å². The molecule has 1 aliphatic carbocycles. The normalized spacial score (nSPS) is 16.7. The first-order valence-electron chi connectivity index (χ1n) is 7.70. The quantitative estimate of drug-likeness (QED) is 0.789. The van der Waals surface area contributed by atoms with Crippen molar-refractivity contribution >= 4 is 0 Å². The molecule has 1 fully saturated rings. The van der Waals surface area contributed by atoms with Gasteiger partial charge in [-0.1, -0.05) is 32.0 Å². The van der Waals surface area contributed by atoms with E-state index >= 15 is 0 Å². The van der Waals surface area contributed by atoms with E-state index in [1.54, 1.807) is 7.11 Å². The topological polar surface area (TPSA) is 24.5 Å². The summed E-state index contributed by atoms with van der Waals surface area (Å²) in [6.07, 6.45) is 2.71. The zero-order valence-electron chi connectivity index (χ0n) is 13.2. The minimum atomic E-state index is 0.325. The highest BCUT2D eigenvalue weighted by Gasteiger charge is 2.31. The van der Waals surface area contributed by atoms with Crippen molar-refractivity contribution in [2.24, 2.45) is 5.92 Å². The zero-order valence-corrected chi connectivity index (χ0v) is 13.2. The predicted octanol–water partition coefficient (Wildman–Crippen LogP) is 3.08. The van der Waals surface area contributed by atoms with Crippen LogP contribution in [0.1, 0.15) is 38.3 Å². The molecule has 0 saturated heterocycles. The average Bonchev–Trinajstić information content (AvgIpc) is 3.27. The Balaban J connectivity index is 2.10. The molecule has 3 nitrogen and oxygen atoms in total. The highest BCUT2D eigenvalue weighted by atomic mass is 16.5. The van der Waals surface area contributed by atoms with Gasteiger partial charge in [0.05, 0.1) is 7.11 Å². The maximum atomic E-state index is 5.51. The number of nitrogens with zero attached hydrogens (tertiary/aromatic N) is 1. The Morgan fingerprint density at radius 2 is 1.95 bits per heavy atom. The van der Waals surface area contributed by atoms with Crippen molar-refractivity contribution < 1.29 is 4.74 Å². The molecule has 3 heteroatoms. The molecule has 0 aromatic heterocycles. The van der Waals surface area contributed by atoms with Gasteiger partial charge in [-0.2, -0.15) is 0 Å². The number of hydrogen-bond acceptors (Lipinski definition) is 3. The number of benzene rings is 1. The number of hydrogen-bond donors (Lipinski definition) is 1. The Labute approximate surface area is 123 Å². The zero-order chi connectivity index (χ0) is 14.5. The molecule has 0 spiro atoms. The molecule has 0 amide bonds. The van der Waals surface area contributed by atoms with Crippen LogP contribution >= 0.6 is 0 Å². The fourth-order valence-corrected chi connectivity index (χ4v) is 2.82. The highest BCUT2D eigenvalue weighted by Crippen LogP contribution is 2.31. The molecule has 1 aromatic rings. The van der Waals surface area contributed by atoms with Crippen LogP contribution in [0, 0.1) is 5.92 Å². The summed E-state index contributed by atoms with van der Waals surface area (Å²) in [5, 5.41) is 3.46. The van der Waals surface area contributed by atoms with Crippen LogP contribution in [0.2, 0.25) is 0 Å². The van der Waals surface area contributed by atoms with E-state index in [0.717, 1.165) is 18.3 Å². The number of rotatable bonds is 8. The molecule has 1 atom stereocenters. The summed E-state index contributed by atoms with van der Waals surface area (Å²) in [7, 11) is 3.79. The molecule has 20 heavy (non-hydrogen) atoms. The molecule has 1 aliphatic rings. The molecule has 0 aliphatic heterocycles. The lowest BCUT2D eigenvalue weighted by molar-refractivity contribution is 0.211. The van der Waals surface area contributed by atoms with Crippen LogP contribution in [0.3, 0.4) is 0 Å². The number of nitrogens with one attached hydrogen (secondary N) is 1. The fourth-order valence-electron chi connectivity index (χ4n) is 2.82. The van der Waals surface area contributed by atoms with Crippen molar-refractivity contribution in [3.8, 4) is 5.75 Å². The van der Waals surface area contributed by atoms with Gasteiger partial charge in [-0.05, 0) is 31.9 Å². The van der Waals surface area contributed by atoms with Crippen molar-refractivity contribution in [1.29, 1.82) is 0 Å². The van der Waals surface area contributed by atoms with Crippen LogP contribution in [-0.2, 0) is 0 Å². The second kappa shape index (κ2) is 7.09. The SMILES string of the molecule is CNC(CN(CC(C)C)C1CC1)c1ccccc1OC. The van der Waals surface area contributed by atoms with Crippen molar-refractivity contribution in [1.82, 2.24) is 10.2 Å². The standard InChI is InChI=1S/C17H28N2O/c1-13(2)11-19(14-9-10-14)12-16(18-3)15-7-5-6-8-17(15)20-4/h5-8,13-14,16,18H,9-12H2,1-4H3. The van der Waals surface area contributed by atoms with E-state index in [1.807, 2.05) is 19.2 Å². The fraction of sp³-hybridized carbons (Fsp3) is 0.647. The van der Waals surface area contributed by atoms with E-state index < -0.39 is 0 Å². The Morgan fingerprint density at radius 3 is 2.50 bits per heavy atom. The van der Waals surface area contributed by atoms with E-state index in [-0.39, 0.29) is 0 Å². The molecule has 112 valence electrons. The molecule has 1 N–H and O–H groups in total. The third-order valence-corrected chi connectivity index (χ3v) is 3.94. The van der Waals surface area contributed by atoms with E-state index in [2.05, 4.69) is 36.2 Å². The first kappa shape index (κ1) is 15.3. The van der Waals surface area contributed by atoms with Gasteiger partial charge < -0.3 is 10.1 Å². The maximum absolute atomic E-state index is 5.51. The molecule has 0 heterocycles. The van der Waals surface area contributed by atoms with Gasteiger partial charge in [-0.15, -0.1) is 0 Å². The lowest BCUT2D eigenvalue weighted by Crippen LogP contribution is -2.37. The summed E-state index contributed by atoms with van der Waals surface area (Å²) in [6.45, 7) is 6.83. The van der Waals surface area contributed by atoms with E-state index in [9.17, 15) is 0 Å². The summed E-state index contributed by atoms with van der Waals surface area (Å²) in [5.41, 5.74) is 1.26. The molecule has 0 bridgehead atoms. The monoisotopic (exact) mass is 276 g/mol. The van der Waals surface area contributed by atoms with Gasteiger partial charge in [0, 0.05) is 30.7 Å². The van der Waals surface area contributed by atoms with E-state index in [4.69, 9.17) is 4.74 Å². The van der Waals surface area contributed by atoms with E-state index in [0.29, 0.717) is 12.0 Å². The molecule has 1 unspecified atom stereocenters. The molecule has 1 aromatic carbocycles. The minimum absolute atomic E-state index is 0.325. The van der Waals surface area contributed by atoms with Crippen LogP contribution in [0.25, 0.3) is 0 Å². The van der Waals surface area contributed by atoms with Gasteiger partial charge >= 0.3 is 0 Å². The maximum Gasteiger partial charge on any atom is 0.123 e. The van der Waals surface area contributed by atoms with Gasteiger partial charge in [-0.3, -0.25) is 4.90 Å². The first-order valence-corrected chi connectivity index (χ1v) is 7.70. The number of para-hydroxylation sites is 1. The van der Waals surface area contributed by atoms with Crippen molar-refractivity contribution in [3.05, 3.63) is 29.8 Å². The first-order chi connectivity index (χ1) is 9.65. The Bertz CT molecular complexity index is 415. The summed E-state index contributed by atoms with van der Waals surface area (Å²) in [4.78, 5) is 2.64. The van der Waals surface area contributed by atoms with Crippen molar-refractivity contribution in [2.45, 2.75) is 38.8 Å². The third kappa shape index (κ3) is 3.97. The second-order valence-corrected chi connectivity index (χ2v) is 6.16. The van der Waals surface area contributed by atoms with Gasteiger partial charge in [0.2, 0.25) is 0 Å². The van der Waals surface area contributed by atoms with Crippen molar-refractivity contribution in [3.63, 3.8) is 0 Å². The molecule has 2 rings (SSSR count). The summed E-state index contributed by atoms with van der Waals surface area (Å²) in [6, 6.07) is 9.45. The molecular formula is C17H28N2O. The highest BCUT2D eigenvalue weighted by molar-refractivity contribution is 5.36. The average molecular weight is 276 g/mol. The summed E-state index contributed by atoms with van der Waals surface area (Å²) < 4.78 is 5.51. The number of likely N-dealkylation sites (N-methyl/N-ethyl adjacent to an activating group) is 1. The lowest BCUT2D eigenvalue weighted by Gasteiger charge is -2.29. The lowest BCUT2D eigenvalue weighted by atomic mass is 10.0. The van der Waals surface area contributed by atoms with Crippen molar-refractivity contribution in [2.75, 3.05) is 27.2 Å². The van der Waals surface area contributed by atoms with E-state index in [1.165, 1.54) is 24.9 Å². The summed E-state index contributed by atoms with van der Waals surface area (Å²) >= 11 is 0. The predicted molar refractivity (Wildman–Crippen MR) is 84.2 cm³/mol.